The molecule has 1 amide bonds. The Hall–Kier alpha value is -2.08. The van der Waals surface area contributed by atoms with Crippen molar-refractivity contribution in [3.8, 4) is 17.0 Å². The molecule has 1 aromatic heterocycles. The van der Waals surface area contributed by atoms with Crippen LogP contribution in [0.1, 0.15) is 10.4 Å². The van der Waals surface area contributed by atoms with Crippen molar-refractivity contribution < 1.29 is 9.53 Å². The summed E-state index contributed by atoms with van der Waals surface area (Å²) in [6, 6.07) is 12.8. The first-order chi connectivity index (χ1) is 12.5. The normalized spacial score (nSPS) is 10.6. The lowest BCUT2D eigenvalue weighted by atomic mass is 10.1. The van der Waals surface area contributed by atoms with Crippen molar-refractivity contribution in [2.75, 3.05) is 12.4 Å². The topological polar surface area (TPSA) is 51.2 Å². The van der Waals surface area contributed by atoms with E-state index in [2.05, 4.69) is 10.3 Å². The van der Waals surface area contributed by atoms with Gasteiger partial charge in [0.25, 0.3) is 0 Å². The van der Waals surface area contributed by atoms with E-state index in [1.807, 2.05) is 31.2 Å². The van der Waals surface area contributed by atoms with Gasteiger partial charge in [-0.2, -0.15) is 0 Å². The minimum Gasteiger partial charge on any atom is -0.497 e. The molecule has 0 aliphatic heterocycles. The number of benzene rings is 2. The largest absolute Gasteiger partial charge is 0.497 e. The zero-order chi connectivity index (χ0) is 18.7. The van der Waals surface area contributed by atoms with Crippen LogP contribution in [0.4, 0.5) is 5.13 Å². The van der Waals surface area contributed by atoms with E-state index < -0.39 is 0 Å². The smallest absolute Gasteiger partial charge is 0.230 e. The summed E-state index contributed by atoms with van der Waals surface area (Å²) >= 11 is 13.7. The second-order valence-corrected chi connectivity index (χ2v) is 7.60. The molecular formula is C19H16Cl2N2O2S. The maximum absolute atomic E-state index is 12.3. The number of hydrogen-bond acceptors (Lipinski definition) is 4. The zero-order valence-corrected chi connectivity index (χ0v) is 16.5. The van der Waals surface area contributed by atoms with Crippen molar-refractivity contribution in [1.82, 2.24) is 4.98 Å². The average molecular weight is 407 g/mol. The molecule has 0 saturated carbocycles. The van der Waals surface area contributed by atoms with Gasteiger partial charge < -0.3 is 10.1 Å². The third kappa shape index (κ3) is 4.18. The van der Waals surface area contributed by atoms with Crippen LogP contribution in [0, 0.1) is 6.92 Å². The number of halogens is 2. The second kappa shape index (κ2) is 8.08. The first-order valence-corrected chi connectivity index (χ1v) is 9.39. The average Bonchev–Trinajstić information content (AvgIpc) is 2.98. The van der Waals surface area contributed by atoms with Gasteiger partial charge >= 0.3 is 0 Å². The Morgan fingerprint density at radius 3 is 2.42 bits per heavy atom. The molecule has 0 radical (unpaired) electrons. The number of nitrogens with zero attached hydrogens (tertiary/aromatic N) is 1. The van der Waals surface area contributed by atoms with Crippen molar-refractivity contribution in [1.29, 1.82) is 0 Å². The number of aromatic nitrogens is 1. The van der Waals surface area contributed by atoms with Crippen LogP contribution >= 0.6 is 34.5 Å². The molecular weight excluding hydrogens is 391 g/mol. The summed E-state index contributed by atoms with van der Waals surface area (Å²) in [6.45, 7) is 1.97. The van der Waals surface area contributed by atoms with Gasteiger partial charge in [0.15, 0.2) is 5.13 Å². The van der Waals surface area contributed by atoms with Gasteiger partial charge in [-0.25, -0.2) is 4.98 Å². The summed E-state index contributed by atoms with van der Waals surface area (Å²) in [4.78, 5) is 17.9. The second-order valence-electron chi connectivity index (χ2n) is 5.58. The quantitative estimate of drug-likeness (QED) is 0.598. The predicted molar refractivity (Wildman–Crippen MR) is 108 cm³/mol. The van der Waals surface area contributed by atoms with Gasteiger partial charge in [0, 0.05) is 20.5 Å². The fraction of sp³-hybridized carbons (Fsp3) is 0.158. The highest BCUT2D eigenvalue weighted by atomic mass is 35.5. The van der Waals surface area contributed by atoms with Crippen LogP contribution < -0.4 is 10.1 Å². The summed E-state index contributed by atoms with van der Waals surface area (Å²) in [5.74, 6) is 0.571. The molecule has 3 rings (SSSR count). The fourth-order valence-electron chi connectivity index (χ4n) is 2.49. The van der Waals surface area contributed by atoms with Gasteiger partial charge in [-0.05, 0) is 48.9 Å². The SMILES string of the molecule is COc1ccc(-c2nc(NC(=O)Cc3c(Cl)cccc3Cl)sc2C)cc1. The summed E-state index contributed by atoms with van der Waals surface area (Å²) in [5, 5.41) is 4.32. The third-order valence-corrected chi connectivity index (χ3v) is 5.40. The highest BCUT2D eigenvalue weighted by molar-refractivity contribution is 7.16. The Labute approximate surface area is 165 Å². The lowest BCUT2D eigenvalue weighted by Gasteiger charge is -2.06. The minimum atomic E-state index is -0.213. The molecule has 1 heterocycles. The number of thiazole rings is 1. The number of carbonyl (C=O) groups is 1. The first kappa shape index (κ1) is 18.7. The number of carbonyl (C=O) groups excluding carboxylic acids is 1. The van der Waals surface area contributed by atoms with Crippen LogP contribution in [0.5, 0.6) is 5.75 Å². The summed E-state index contributed by atoms with van der Waals surface area (Å²) < 4.78 is 5.17. The Kier molecular flexibility index (Phi) is 5.81. The van der Waals surface area contributed by atoms with E-state index in [0.29, 0.717) is 20.7 Å². The molecule has 1 N–H and O–H groups in total. The maximum atomic E-state index is 12.3. The number of aryl methyl sites for hydroxylation is 1. The van der Waals surface area contributed by atoms with E-state index in [4.69, 9.17) is 27.9 Å². The van der Waals surface area contributed by atoms with Crippen LogP contribution in [-0.4, -0.2) is 18.0 Å². The van der Waals surface area contributed by atoms with Crippen LogP contribution in [-0.2, 0) is 11.2 Å². The number of amides is 1. The Morgan fingerprint density at radius 1 is 1.15 bits per heavy atom. The van der Waals surface area contributed by atoms with E-state index in [0.717, 1.165) is 21.9 Å². The highest BCUT2D eigenvalue weighted by Crippen LogP contribution is 2.32. The molecule has 0 bridgehead atoms. The van der Waals surface area contributed by atoms with Crippen LogP contribution in [0.15, 0.2) is 42.5 Å². The third-order valence-electron chi connectivity index (χ3n) is 3.81. The molecule has 0 unspecified atom stereocenters. The van der Waals surface area contributed by atoms with E-state index >= 15 is 0 Å². The molecule has 134 valence electrons. The summed E-state index contributed by atoms with van der Waals surface area (Å²) in [6.07, 6.45) is 0.0923. The number of nitrogens with one attached hydrogen (secondary N) is 1. The van der Waals surface area contributed by atoms with Crippen LogP contribution in [0.2, 0.25) is 10.0 Å². The number of rotatable bonds is 5. The van der Waals surface area contributed by atoms with Gasteiger partial charge in [-0.1, -0.05) is 29.3 Å². The molecule has 7 heteroatoms. The number of methoxy groups -OCH3 is 1. The van der Waals surface area contributed by atoms with E-state index in [1.165, 1.54) is 11.3 Å². The molecule has 0 saturated heterocycles. The fourth-order valence-corrected chi connectivity index (χ4v) is 3.87. The predicted octanol–water partition coefficient (Wildman–Crippen LogP) is 5.62. The molecule has 0 aliphatic rings. The molecule has 0 fully saturated rings. The Morgan fingerprint density at radius 2 is 1.81 bits per heavy atom. The lowest BCUT2D eigenvalue weighted by molar-refractivity contribution is -0.115. The highest BCUT2D eigenvalue weighted by Gasteiger charge is 2.15. The van der Waals surface area contributed by atoms with Gasteiger partial charge in [-0.15, -0.1) is 11.3 Å². The maximum Gasteiger partial charge on any atom is 0.230 e. The molecule has 2 aromatic carbocycles. The van der Waals surface area contributed by atoms with Gasteiger partial charge in [0.1, 0.15) is 5.75 Å². The zero-order valence-electron chi connectivity index (χ0n) is 14.2. The number of anilines is 1. The summed E-state index contributed by atoms with van der Waals surface area (Å²) in [5.41, 5.74) is 2.41. The van der Waals surface area contributed by atoms with Crippen LogP contribution in [0.3, 0.4) is 0 Å². The molecule has 0 atom stereocenters. The van der Waals surface area contributed by atoms with E-state index in [9.17, 15) is 4.79 Å². The molecule has 0 spiro atoms. The van der Waals surface area contributed by atoms with E-state index in [1.54, 1.807) is 25.3 Å². The van der Waals surface area contributed by atoms with Crippen molar-refractivity contribution in [3.05, 3.63) is 63.0 Å². The van der Waals surface area contributed by atoms with Gasteiger partial charge in [0.2, 0.25) is 5.91 Å². The van der Waals surface area contributed by atoms with Crippen LogP contribution in [0.25, 0.3) is 11.3 Å². The van der Waals surface area contributed by atoms with Gasteiger partial charge in [-0.3, -0.25) is 4.79 Å². The Bertz CT molecular complexity index is 919. The van der Waals surface area contributed by atoms with Crippen molar-refractivity contribution in [2.24, 2.45) is 0 Å². The molecule has 26 heavy (non-hydrogen) atoms. The minimum absolute atomic E-state index is 0.0923. The molecule has 3 aromatic rings. The van der Waals surface area contributed by atoms with Crippen molar-refractivity contribution in [2.45, 2.75) is 13.3 Å². The number of ether oxygens (including phenoxy) is 1. The first-order valence-electron chi connectivity index (χ1n) is 7.82. The van der Waals surface area contributed by atoms with Crippen molar-refractivity contribution in [3.63, 3.8) is 0 Å². The molecule has 4 nitrogen and oxygen atoms in total. The number of hydrogen-bond donors (Lipinski definition) is 1. The monoisotopic (exact) mass is 406 g/mol. The Balaban J connectivity index is 1.75. The van der Waals surface area contributed by atoms with Gasteiger partial charge in [0.05, 0.1) is 19.2 Å². The lowest BCUT2D eigenvalue weighted by Crippen LogP contribution is -2.14. The summed E-state index contributed by atoms with van der Waals surface area (Å²) in [7, 11) is 1.63. The van der Waals surface area contributed by atoms with E-state index in [-0.39, 0.29) is 12.3 Å². The standard InChI is InChI=1S/C19H16Cl2N2O2S/c1-11-18(12-6-8-13(25-2)9-7-12)23-19(26-11)22-17(24)10-14-15(20)4-3-5-16(14)21/h3-9H,10H2,1-2H3,(H,22,23,24). The molecule has 0 aliphatic carbocycles. The van der Waals surface area contributed by atoms with Crippen molar-refractivity contribution >= 4 is 45.6 Å².